The second-order valence-electron chi connectivity index (χ2n) is 8.57. The minimum atomic E-state index is -4.41. The molecular weight excluding hydrogens is 454 g/mol. The number of halogens is 5. The fourth-order valence-corrected chi connectivity index (χ4v) is 3.57. The highest BCUT2D eigenvalue weighted by Gasteiger charge is 2.33. The van der Waals surface area contributed by atoms with E-state index < -0.39 is 36.6 Å². The molecule has 0 spiro atoms. The van der Waals surface area contributed by atoms with Crippen molar-refractivity contribution in [3.05, 3.63) is 29.8 Å². The van der Waals surface area contributed by atoms with Crippen LogP contribution in [0.4, 0.5) is 28.0 Å². The van der Waals surface area contributed by atoms with E-state index in [9.17, 15) is 22.4 Å². The van der Waals surface area contributed by atoms with Gasteiger partial charge in [0.25, 0.3) is 0 Å². The molecule has 0 saturated carbocycles. The highest BCUT2D eigenvalue weighted by Crippen LogP contribution is 2.34. The van der Waals surface area contributed by atoms with Crippen LogP contribution in [0.3, 0.4) is 0 Å². The van der Waals surface area contributed by atoms with Crippen LogP contribution in [0.5, 0.6) is 0 Å². The Bertz CT molecular complexity index is 960. The van der Waals surface area contributed by atoms with Gasteiger partial charge in [0.2, 0.25) is 0 Å². The van der Waals surface area contributed by atoms with Crippen molar-refractivity contribution in [3.8, 4) is 11.1 Å². The number of aromatic nitrogens is 3. The largest absolute Gasteiger partial charge is 0.444 e. The lowest BCUT2D eigenvalue weighted by Crippen LogP contribution is -2.54. The normalized spacial score (nSPS) is 19.7. The lowest BCUT2D eigenvalue weighted by molar-refractivity contribution is -0.142. The molecule has 7 nitrogen and oxygen atoms in total. The summed E-state index contributed by atoms with van der Waals surface area (Å²) in [7, 11) is 0. The Morgan fingerprint density at radius 1 is 1.31 bits per heavy atom. The molecule has 0 unspecified atom stereocenters. The number of alkyl halides is 4. The van der Waals surface area contributed by atoms with Crippen molar-refractivity contribution in [2.24, 2.45) is 0 Å². The van der Waals surface area contributed by atoms with Crippen LogP contribution in [0.1, 0.15) is 27.2 Å². The van der Waals surface area contributed by atoms with E-state index in [0.29, 0.717) is 23.4 Å². The van der Waals surface area contributed by atoms with Crippen LogP contribution in [0.2, 0.25) is 5.15 Å². The molecule has 0 radical (unpaired) electrons. The van der Waals surface area contributed by atoms with Gasteiger partial charge < -0.3 is 15.0 Å². The molecule has 1 fully saturated rings. The van der Waals surface area contributed by atoms with E-state index in [2.05, 4.69) is 15.4 Å². The number of carbonyl (C=O) groups excluding carboxylic acids is 1. The van der Waals surface area contributed by atoms with E-state index in [-0.39, 0.29) is 18.1 Å². The number of amides is 1. The molecule has 12 heteroatoms. The zero-order valence-electron chi connectivity index (χ0n) is 17.8. The molecular formula is C20H24ClF4N5O2. The van der Waals surface area contributed by atoms with Gasteiger partial charge in [-0.15, -0.1) is 0 Å². The number of pyridine rings is 1. The van der Waals surface area contributed by atoms with Crippen molar-refractivity contribution in [2.45, 2.75) is 57.7 Å². The second kappa shape index (κ2) is 9.13. The number of alkyl carbamates (subject to hydrolysis) is 1. The Balaban J connectivity index is 1.83. The molecule has 1 N–H and O–H groups in total. The summed E-state index contributed by atoms with van der Waals surface area (Å²) in [5.41, 5.74) is 0.732. The van der Waals surface area contributed by atoms with Gasteiger partial charge in [0.05, 0.1) is 12.2 Å². The SMILES string of the molecule is CC(C)(C)OC(=O)N[C@@H]1CN(c2cc(Cl)ncc2-c2cnn(CC(F)(F)F)c2)CC[C@@H]1F. The number of hydrogen-bond acceptors (Lipinski definition) is 5. The molecule has 2 atom stereocenters. The van der Waals surface area contributed by atoms with E-state index >= 15 is 0 Å². The van der Waals surface area contributed by atoms with Crippen molar-refractivity contribution < 1.29 is 27.1 Å². The first-order valence-electron chi connectivity index (χ1n) is 9.94. The maximum absolute atomic E-state index is 14.5. The van der Waals surface area contributed by atoms with E-state index in [0.717, 1.165) is 4.68 Å². The van der Waals surface area contributed by atoms with E-state index in [1.165, 1.54) is 18.6 Å². The topological polar surface area (TPSA) is 72.3 Å². The van der Waals surface area contributed by atoms with Gasteiger partial charge in [-0.3, -0.25) is 4.68 Å². The molecule has 1 saturated heterocycles. The van der Waals surface area contributed by atoms with Crippen molar-refractivity contribution in [2.75, 3.05) is 18.0 Å². The molecule has 32 heavy (non-hydrogen) atoms. The van der Waals surface area contributed by atoms with Gasteiger partial charge in [-0.1, -0.05) is 11.6 Å². The summed E-state index contributed by atoms with van der Waals surface area (Å²) in [6, 6.07) is 0.715. The molecule has 2 aromatic rings. The van der Waals surface area contributed by atoms with Gasteiger partial charge >= 0.3 is 12.3 Å². The van der Waals surface area contributed by atoms with Crippen LogP contribution in [-0.4, -0.2) is 57.9 Å². The maximum atomic E-state index is 14.5. The van der Waals surface area contributed by atoms with E-state index in [1.54, 1.807) is 26.8 Å². The van der Waals surface area contributed by atoms with Gasteiger partial charge in [0.15, 0.2) is 0 Å². The summed E-state index contributed by atoms with van der Waals surface area (Å²) >= 11 is 6.07. The third kappa shape index (κ3) is 6.47. The quantitative estimate of drug-likeness (QED) is 0.514. The molecule has 1 aliphatic rings. The van der Waals surface area contributed by atoms with Crippen LogP contribution < -0.4 is 10.2 Å². The first-order chi connectivity index (χ1) is 14.8. The molecule has 3 rings (SSSR count). The van der Waals surface area contributed by atoms with Gasteiger partial charge in [0.1, 0.15) is 23.5 Å². The Kier molecular flexibility index (Phi) is 6.87. The van der Waals surface area contributed by atoms with Crippen LogP contribution >= 0.6 is 11.6 Å². The first kappa shape index (κ1) is 24.1. The van der Waals surface area contributed by atoms with Gasteiger partial charge in [-0.2, -0.15) is 18.3 Å². The van der Waals surface area contributed by atoms with Crippen LogP contribution in [-0.2, 0) is 11.3 Å². The smallest absolute Gasteiger partial charge is 0.408 e. The minimum Gasteiger partial charge on any atom is -0.444 e. The van der Waals surface area contributed by atoms with Crippen LogP contribution in [0.15, 0.2) is 24.7 Å². The molecule has 0 aliphatic carbocycles. The third-order valence-electron chi connectivity index (χ3n) is 4.71. The van der Waals surface area contributed by atoms with Crippen molar-refractivity contribution >= 4 is 23.4 Å². The summed E-state index contributed by atoms with van der Waals surface area (Å²) in [6.45, 7) is 4.32. The summed E-state index contributed by atoms with van der Waals surface area (Å²) in [6.07, 6.45) is -2.29. The van der Waals surface area contributed by atoms with Crippen molar-refractivity contribution in [1.82, 2.24) is 20.1 Å². The summed E-state index contributed by atoms with van der Waals surface area (Å²) in [5.74, 6) is 0. The number of piperidine rings is 1. The maximum Gasteiger partial charge on any atom is 0.408 e. The lowest BCUT2D eigenvalue weighted by atomic mass is 10.0. The van der Waals surface area contributed by atoms with Crippen molar-refractivity contribution in [1.29, 1.82) is 0 Å². The zero-order chi connectivity index (χ0) is 23.7. The van der Waals surface area contributed by atoms with E-state index in [1.807, 2.05) is 4.90 Å². The number of carbonyl (C=O) groups is 1. The summed E-state index contributed by atoms with van der Waals surface area (Å²) in [5, 5.41) is 6.50. The third-order valence-corrected chi connectivity index (χ3v) is 4.91. The number of ether oxygens (including phenoxy) is 1. The monoisotopic (exact) mass is 477 g/mol. The average molecular weight is 478 g/mol. The number of nitrogens with one attached hydrogen (secondary N) is 1. The molecule has 1 amide bonds. The lowest BCUT2D eigenvalue weighted by Gasteiger charge is -2.37. The standard InChI is InChI=1S/C20H24ClF4N5O2/c1-19(2,3)32-18(31)28-15-10-29(5-4-14(15)22)16-6-17(21)26-8-13(16)12-7-27-30(9-12)11-20(23,24)25/h6-9,14-15H,4-5,10-11H2,1-3H3,(H,28,31)/t14-,15+/m0/s1. The van der Waals surface area contributed by atoms with E-state index in [4.69, 9.17) is 16.3 Å². The minimum absolute atomic E-state index is 0.116. The highest BCUT2D eigenvalue weighted by molar-refractivity contribution is 6.29. The Morgan fingerprint density at radius 3 is 2.69 bits per heavy atom. The summed E-state index contributed by atoms with van der Waals surface area (Å²) in [4.78, 5) is 18.0. The Morgan fingerprint density at radius 2 is 2.03 bits per heavy atom. The number of rotatable bonds is 4. The molecule has 0 bridgehead atoms. The highest BCUT2D eigenvalue weighted by atomic mass is 35.5. The fraction of sp³-hybridized carbons (Fsp3) is 0.550. The Labute approximate surface area is 187 Å². The molecule has 3 heterocycles. The van der Waals surface area contributed by atoms with Crippen LogP contribution in [0, 0.1) is 0 Å². The number of hydrogen-bond donors (Lipinski definition) is 1. The average Bonchev–Trinajstić information content (AvgIpc) is 3.08. The number of anilines is 1. The van der Waals surface area contributed by atoms with Gasteiger partial charge in [-0.05, 0) is 33.3 Å². The fourth-order valence-electron chi connectivity index (χ4n) is 3.41. The van der Waals surface area contributed by atoms with Crippen molar-refractivity contribution in [3.63, 3.8) is 0 Å². The predicted octanol–water partition coefficient (Wildman–Crippen LogP) is 4.60. The van der Waals surface area contributed by atoms with Gasteiger partial charge in [0, 0.05) is 42.3 Å². The number of nitrogens with zero attached hydrogens (tertiary/aromatic N) is 4. The first-order valence-corrected chi connectivity index (χ1v) is 10.3. The van der Waals surface area contributed by atoms with Crippen LogP contribution in [0.25, 0.3) is 11.1 Å². The predicted molar refractivity (Wildman–Crippen MR) is 111 cm³/mol. The molecule has 1 aliphatic heterocycles. The Hall–Kier alpha value is -2.56. The second-order valence-corrected chi connectivity index (χ2v) is 8.96. The van der Waals surface area contributed by atoms with Gasteiger partial charge in [-0.25, -0.2) is 14.2 Å². The zero-order valence-corrected chi connectivity index (χ0v) is 18.5. The molecule has 176 valence electrons. The summed E-state index contributed by atoms with van der Waals surface area (Å²) < 4.78 is 58.6. The molecule has 0 aromatic carbocycles. The molecule has 2 aromatic heterocycles.